The van der Waals surface area contributed by atoms with Gasteiger partial charge in [0.1, 0.15) is 35.3 Å². The largest absolute Gasteiger partial charge is 0.362 e. The van der Waals surface area contributed by atoms with E-state index >= 15 is 0 Å². The van der Waals surface area contributed by atoms with Crippen LogP contribution in [0.25, 0.3) is 11.8 Å². The van der Waals surface area contributed by atoms with Crippen molar-refractivity contribution in [2.24, 2.45) is 9.98 Å². The summed E-state index contributed by atoms with van der Waals surface area (Å²) in [5, 5.41) is 44.4. The summed E-state index contributed by atoms with van der Waals surface area (Å²) in [6.07, 6.45) is 3.58. The number of allylic oxidation sites excluding steroid dienone is 2. The molecule has 1 unspecified atom stereocenters. The fourth-order valence-corrected chi connectivity index (χ4v) is 3.02. The molecule has 0 aromatic carbocycles. The van der Waals surface area contributed by atoms with Crippen molar-refractivity contribution >= 4 is 23.2 Å². The van der Waals surface area contributed by atoms with E-state index in [0.717, 1.165) is 0 Å². The van der Waals surface area contributed by atoms with Crippen molar-refractivity contribution in [3.63, 3.8) is 0 Å². The minimum absolute atomic E-state index is 0.0288. The van der Waals surface area contributed by atoms with Crippen LogP contribution in [0, 0.1) is 52.2 Å². The molecule has 0 spiro atoms. The number of rotatable bonds is 1. The molecule has 0 saturated heterocycles. The predicted octanol–water partition coefficient (Wildman–Crippen LogP) is 0.0560. The Hall–Kier alpha value is -4.80. The molecule has 10 heteroatoms. The summed E-state index contributed by atoms with van der Waals surface area (Å²) in [4.78, 5) is 17.8. The van der Waals surface area contributed by atoms with Crippen LogP contribution in [0.2, 0.25) is 0 Å². The monoisotopic (exact) mass is 408 g/mol. The van der Waals surface area contributed by atoms with Crippen LogP contribution in [0.1, 0.15) is 31.7 Å². The molecule has 2 N–H and O–H groups in total. The summed E-state index contributed by atoms with van der Waals surface area (Å²) < 4.78 is 0. The smallest absolute Gasteiger partial charge is 0.162 e. The molecule has 1 aromatic heterocycles. The minimum atomic E-state index is -0.644. The molecule has 0 fully saturated rings. The highest BCUT2D eigenvalue weighted by Crippen LogP contribution is 2.15. The highest BCUT2D eigenvalue weighted by atomic mass is 15.1. The van der Waals surface area contributed by atoms with Crippen LogP contribution >= 0.6 is 0 Å². The normalized spacial score (nSPS) is 19.4. The van der Waals surface area contributed by atoms with Crippen LogP contribution in [0.3, 0.4) is 0 Å². The topological polar surface area (TPSA) is 170 Å². The van der Waals surface area contributed by atoms with E-state index < -0.39 is 6.04 Å². The Bertz CT molecular complexity index is 1380. The van der Waals surface area contributed by atoms with Crippen molar-refractivity contribution < 1.29 is 0 Å². The molecule has 1 aromatic rings. The first-order chi connectivity index (χ1) is 14.9. The third-order valence-electron chi connectivity index (χ3n) is 4.60. The SMILES string of the molecule is CCC1=c2nc(C)c(C#N)nc2=CC2NC(C#N)=C(C#N)N/C2=C\N=C(C#N)C(C)=N1. The van der Waals surface area contributed by atoms with Crippen LogP contribution in [0.15, 0.2) is 33.3 Å². The van der Waals surface area contributed by atoms with Gasteiger partial charge in [-0.15, -0.1) is 0 Å². The van der Waals surface area contributed by atoms with Gasteiger partial charge in [-0.25, -0.2) is 15.0 Å². The molecule has 31 heavy (non-hydrogen) atoms. The average Bonchev–Trinajstić information content (AvgIpc) is 2.80. The van der Waals surface area contributed by atoms with Gasteiger partial charge < -0.3 is 10.6 Å². The Kier molecular flexibility index (Phi) is 5.87. The molecule has 1 atom stereocenters. The van der Waals surface area contributed by atoms with Gasteiger partial charge in [0.15, 0.2) is 17.1 Å². The maximum atomic E-state index is 9.54. The Morgan fingerprint density at radius 3 is 2.35 bits per heavy atom. The Balaban J connectivity index is 2.47. The Morgan fingerprint density at radius 2 is 1.74 bits per heavy atom. The highest BCUT2D eigenvalue weighted by molar-refractivity contribution is 6.48. The zero-order valence-electron chi connectivity index (χ0n) is 17.0. The number of aryl methyl sites for hydroxylation is 1. The van der Waals surface area contributed by atoms with Gasteiger partial charge in [-0.1, -0.05) is 6.92 Å². The third-order valence-corrected chi connectivity index (χ3v) is 4.60. The number of fused-ring (bicyclic) bond motifs is 2. The number of hydrogen-bond acceptors (Lipinski definition) is 10. The van der Waals surface area contributed by atoms with E-state index in [2.05, 4.69) is 30.6 Å². The lowest BCUT2D eigenvalue weighted by atomic mass is 10.1. The van der Waals surface area contributed by atoms with Gasteiger partial charge in [-0.05, 0) is 26.3 Å². The molecular weight excluding hydrogens is 392 g/mol. The summed E-state index contributed by atoms with van der Waals surface area (Å²) in [5.74, 6) is 0. The summed E-state index contributed by atoms with van der Waals surface area (Å²) in [6.45, 7) is 5.25. The van der Waals surface area contributed by atoms with Gasteiger partial charge in [0.2, 0.25) is 0 Å². The predicted molar refractivity (Wildman–Crippen MR) is 111 cm³/mol. The Morgan fingerprint density at radius 1 is 1.00 bits per heavy atom. The van der Waals surface area contributed by atoms with Gasteiger partial charge in [0.05, 0.1) is 40.4 Å². The lowest BCUT2D eigenvalue weighted by Crippen LogP contribution is -2.44. The van der Waals surface area contributed by atoms with Gasteiger partial charge >= 0.3 is 0 Å². The zero-order valence-corrected chi connectivity index (χ0v) is 17.0. The molecule has 0 saturated carbocycles. The molecular formula is C21H16N10. The summed E-state index contributed by atoms with van der Waals surface area (Å²) in [6, 6.07) is 7.28. The van der Waals surface area contributed by atoms with Crippen LogP contribution in [-0.2, 0) is 0 Å². The molecule has 0 radical (unpaired) electrons. The number of nitrogens with one attached hydrogen (secondary N) is 2. The molecule has 2 aliphatic rings. The number of aliphatic imine (C=N–C) groups is 2. The fraction of sp³-hybridized carbons (Fsp3) is 0.238. The highest BCUT2D eigenvalue weighted by Gasteiger charge is 2.24. The van der Waals surface area contributed by atoms with Crippen molar-refractivity contribution in [1.82, 2.24) is 20.6 Å². The Labute approximate surface area is 178 Å². The maximum absolute atomic E-state index is 9.54. The van der Waals surface area contributed by atoms with Crippen molar-refractivity contribution in [2.75, 3.05) is 0 Å². The standard InChI is InChI=1S/C21H16N10/c1-4-13-21-15(30-17(7-23)12(3)28-21)5-14-20(10-26-16(6-22)11(2)27-13)31-19(9-25)18(8-24)29-14/h5,10,14,29,31H,4H2,1-3H3/b15-5?,20-10-,21-13?,26-16?,27-11?. The van der Waals surface area contributed by atoms with Gasteiger partial charge in [0.25, 0.3) is 0 Å². The number of nitriles is 4. The van der Waals surface area contributed by atoms with Crippen molar-refractivity contribution in [3.05, 3.63) is 45.4 Å². The van der Waals surface area contributed by atoms with Gasteiger partial charge in [-0.3, -0.25) is 4.99 Å². The molecule has 3 rings (SSSR count). The average molecular weight is 408 g/mol. The van der Waals surface area contributed by atoms with Crippen molar-refractivity contribution in [1.29, 1.82) is 21.0 Å². The van der Waals surface area contributed by atoms with E-state index in [1.165, 1.54) is 6.20 Å². The molecule has 3 heterocycles. The minimum Gasteiger partial charge on any atom is -0.362 e. The van der Waals surface area contributed by atoms with E-state index in [9.17, 15) is 21.0 Å². The first-order valence-electron chi connectivity index (χ1n) is 9.27. The number of hydrogen-bond donors (Lipinski definition) is 2. The van der Waals surface area contributed by atoms with Crippen LogP contribution in [-0.4, -0.2) is 27.4 Å². The lowest BCUT2D eigenvalue weighted by Gasteiger charge is -2.25. The second-order valence-corrected chi connectivity index (χ2v) is 6.56. The quantitative estimate of drug-likeness (QED) is 0.657. The molecule has 2 aliphatic heterocycles. The first-order valence-corrected chi connectivity index (χ1v) is 9.27. The van der Waals surface area contributed by atoms with Crippen molar-refractivity contribution in [3.8, 4) is 24.3 Å². The molecule has 10 nitrogen and oxygen atoms in total. The third kappa shape index (κ3) is 4.00. The van der Waals surface area contributed by atoms with Gasteiger partial charge in [0, 0.05) is 0 Å². The second kappa shape index (κ2) is 8.69. The van der Waals surface area contributed by atoms with E-state index in [1.807, 2.05) is 31.2 Å². The van der Waals surface area contributed by atoms with Crippen LogP contribution in [0.4, 0.5) is 0 Å². The summed E-state index contributed by atoms with van der Waals surface area (Å²) in [5.41, 5.74) is 2.17. The van der Waals surface area contributed by atoms with E-state index in [4.69, 9.17) is 0 Å². The number of nitrogens with zero attached hydrogens (tertiary/aromatic N) is 8. The molecule has 0 aliphatic carbocycles. The van der Waals surface area contributed by atoms with E-state index in [-0.39, 0.29) is 22.8 Å². The number of aromatic nitrogens is 2. The molecule has 0 bridgehead atoms. The van der Waals surface area contributed by atoms with E-state index in [1.54, 1.807) is 19.9 Å². The van der Waals surface area contributed by atoms with Crippen LogP contribution in [0.5, 0.6) is 0 Å². The van der Waals surface area contributed by atoms with Crippen molar-refractivity contribution in [2.45, 2.75) is 33.2 Å². The maximum Gasteiger partial charge on any atom is 0.162 e. The van der Waals surface area contributed by atoms with Crippen LogP contribution < -0.4 is 21.3 Å². The second-order valence-electron chi connectivity index (χ2n) is 6.56. The fourth-order valence-electron chi connectivity index (χ4n) is 3.02. The van der Waals surface area contributed by atoms with Gasteiger partial charge in [-0.2, -0.15) is 21.0 Å². The zero-order chi connectivity index (χ0) is 22.5. The van der Waals surface area contributed by atoms with E-state index in [0.29, 0.717) is 39.9 Å². The lowest BCUT2D eigenvalue weighted by molar-refractivity contribution is 0.689. The summed E-state index contributed by atoms with van der Waals surface area (Å²) in [7, 11) is 0. The molecule has 0 amide bonds. The molecule has 150 valence electrons. The first kappa shape index (κ1) is 20.9. The summed E-state index contributed by atoms with van der Waals surface area (Å²) >= 11 is 0.